The third kappa shape index (κ3) is 72.6. The first-order valence-corrected chi connectivity index (χ1v) is 42.8. The van der Waals surface area contributed by atoms with E-state index in [2.05, 4.69) is 113 Å². The molecule has 0 aromatic rings. The van der Waals surface area contributed by atoms with Gasteiger partial charge in [-0.05, 0) is 141 Å². The lowest BCUT2D eigenvalue weighted by molar-refractivity contribution is -0.161. The summed E-state index contributed by atoms with van der Waals surface area (Å²) in [7, 11) is -9.95. The van der Waals surface area contributed by atoms with Crippen molar-refractivity contribution in [2.75, 3.05) is 39.6 Å². The molecule has 580 valence electrons. The van der Waals surface area contributed by atoms with Gasteiger partial charge in [-0.3, -0.25) is 37.3 Å². The van der Waals surface area contributed by atoms with E-state index < -0.39 is 97.5 Å². The van der Waals surface area contributed by atoms with Crippen LogP contribution >= 0.6 is 15.6 Å². The highest BCUT2D eigenvalue weighted by Crippen LogP contribution is 2.45. The first-order valence-electron chi connectivity index (χ1n) is 39.8. The summed E-state index contributed by atoms with van der Waals surface area (Å²) in [5.41, 5.74) is 0. The summed E-state index contributed by atoms with van der Waals surface area (Å²) in [5, 5.41) is 10.6. The highest BCUT2D eigenvalue weighted by atomic mass is 31.2. The van der Waals surface area contributed by atoms with Crippen molar-refractivity contribution in [2.24, 2.45) is 0 Å². The predicted molar refractivity (Wildman–Crippen MR) is 409 cm³/mol. The van der Waals surface area contributed by atoms with Gasteiger partial charge in [0.05, 0.1) is 26.4 Å². The molecule has 100 heavy (non-hydrogen) atoms. The second kappa shape index (κ2) is 73.5. The van der Waals surface area contributed by atoms with Crippen LogP contribution in [0.25, 0.3) is 0 Å². The smallest absolute Gasteiger partial charge is 0.462 e. The van der Waals surface area contributed by atoms with E-state index in [1.54, 1.807) is 0 Å². The van der Waals surface area contributed by atoms with E-state index in [1.165, 1.54) is 89.9 Å². The van der Waals surface area contributed by atoms with Crippen LogP contribution in [0.15, 0.2) is 85.1 Å². The van der Waals surface area contributed by atoms with Gasteiger partial charge in [-0.15, -0.1) is 0 Å². The molecule has 0 spiro atoms. The average molecular weight is 1450 g/mol. The van der Waals surface area contributed by atoms with Gasteiger partial charge in [-0.1, -0.05) is 267 Å². The van der Waals surface area contributed by atoms with E-state index in [0.29, 0.717) is 25.7 Å². The number of aliphatic hydroxyl groups excluding tert-OH is 1. The molecule has 0 saturated carbocycles. The summed E-state index contributed by atoms with van der Waals surface area (Å²) in [6, 6.07) is 0. The molecule has 0 heterocycles. The molecule has 0 aliphatic rings. The zero-order valence-corrected chi connectivity index (χ0v) is 65.2. The van der Waals surface area contributed by atoms with Gasteiger partial charge < -0.3 is 33.8 Å². The van der Waals surface area contributed by atoms with Crippen molar-refractivity contribution < 1.29 is 80.2 Å². The van der Waals surface area contributed by atoms with Crippen molar-refractivity contribution in [1.82, 2.24) is 0 Å². The molecule has 5 atom stereocenters. The van der Waals surface area contributed by atoms with Gasteiger partial charge in [0.1, 0.15) is 19.3 Å². The number of aliphatic hydroxyl groups is 1. The molecule has 0 radical (unpaired) electrons. The van der Waals surface area contributed by atoms with Crippen molar-refractivity contribution in [3.8, 4) is 0 Å². The third-order valence-corrected chi connectivity index (χ3v) is 18.7. The molecule has 0 fully saturated rings. The van der Waals surface area contributed by atoms with Crippen LogP contribution in [0.5, 0.6) is 0 Å². The van der Waals surface area contributed by atoms with Crippen LogP contribution in [-0.4, -0.2) is 96.7 Å². The molecular weight excluding hydrogens is 1310 g/mol. The van der Waals surface area contributed by atoms with Gasteiger partial charge in [0.15, 0.2) is 12.2 Å². The largest absolute Gasteiger partial charge is 0.472 e. The predicted octanol–water partition coefficient (Wildman–Crippen LogP) is 23.0. The first-order chi connectivity index (χ1) is 48.7. The van der Waals surface area contributed by atoms with Crippen molar-refractivity contribution in [3.05, 3.63) is 85.1 Å². The van der Waals surface area contributed by atoms with E-state index in [0.717, 1.165) is 180 Å². The zero-order valence-electron chi connectivity index (χ0n) is 63.4. The Morgan fingerprint density at radius 2 is 0.500 bits per heavy atom. The van der Waals surface area contributed by atoms with Crippen LogP contribution in [0.2, 0.25) is 0 Å². The number of phosphoric ester groups is 2. The van der Waals surface area contributed by atoms with Crippen LogP contribution in [0, 0.1) is 0 Å². The first kappa shape index (κ1) is 96.2. The zero-order chi connectivity index (χ0) is 73.2. The second-order valence-electron chi connectivity index (χ2n) is 26.6. The monoisotopic (exact) mass is 1450 g/mol. The normalized spacial score (nSPS) is 14.3. The Hall–Kier alpha value is -3.76. The molecule has 0 aliphatic heterocycles. The third-order valence-electron chi connectivity index (χ3n) is 16.8. The van der Waals surface area contributed by atoms with E-state index in [4.69, 9.17) is 37.0 Å². The minimum absolute atomic E-state index is 0.0826. The summed E-state index contributed by atoms with van der Waals surface area (Å²) in [4.78, 5) is 72.9. The Balaban J connectivity index is 5.33. The number of esters is 4. The number of hydrogen-bond donors (Lipinski definition) is 3. The molecule has 0 rings (SSSR count). The van der Waals surface area contributed by atoms with Crippen LogP contribution < -0.4 is 0 Å². The average Bonchev–Trinajstić information content (AvgIpc) is 2.75. The molecule has 5 unspecified atom stereocenters. The highest BCUT2D eigenvalue weighted by Gasteiger charge is 2.30. The fourth-order valence-electron chi connectivity index (χ4n) is 10.6. The summed E-state index contributed by atoms with van der Waals surface area (Å²) >= 11 is 0. The van der Waals surface area contributed by atoms with Crippen molar-refractivity contribution >= 4 is 39.5 Å². The van der Waals surface area contributed by atoms with Crippen LogP contribution in [-0.2, 0) is 65.4 Å². The van der Waals surface area contributed by atoms with Gasteiger partial charge in [0.25, 0.3) is 0 Å². The molecule has 0 saturated heterocycles. The fourth-order valence-corrected chi connectivity index (χ4v) is 12.2. The van der Waals surface area contributed by atoms with Crippen LogP contribution in [0.3, 0.4) is 0 Å². The molecule has 0 aliphatic carbocycles. The second-order valence-corrected chi connectivity index (χ2v) is 29.5. The van der Waals surface area contributed by atoms with Gasteiger partial charge >= 0.3 is 39.5 Å². The molecule has 17 nitrogen and oxygen atoms in total. The number of carbonyl (C=O) groups is 4. The van der Waals surface area contributed by atoms with Crippen molar-refractivity contribution in [3.63, 3.8) is 0 Å². The number of hydrogen-bond acceptors (Lipinski definition) is 15. The Labute approximate surface area is 608 Å². The van der Waals surface area contributed by atoms with Gasteiger partial charge in [-0.2, -0.15) is 0 Å². The topological polar surface area (TPSA) is 237 Å². The molecular formula is C81H144O17P2. The quantitative estimate of drug-likeness (QED) is 0.0169. The Morgan fingerprint density at radius 1 is 0.280 bits per heavy atom. The van der Waals surface area contributed by atoms with E-state index >= 15 is 0 Å². The van der Waals surface area contributed by atoms with Crippen molar-refractivity contribution in [1.29, 1.82) is 0 Å². The minimum Gasteiger partial charge on any atom is -0.462 e. The summed E-state index contributed by atoms with van der Waals surface area (Å²) in [5.74, 6) is -2.20. The Morgan fingerprint density at radius 3 is 0.810 bits per heavy atom. The fraction of sp³-hybridized carbons (Fsp3) is 0.778. The van der Waals surface area contributed by atoms with Gasteiger partial charge in [0, 0.05) is 25.7 Å². The molecule has 0 aromatic carbocycles. The van der Waals surface area contributed by atoms with E-state index in [9.17, 15) is 43.2 Å². The maximum absolute atomic E-state index is 13.1. The molecule has 0 amide bonds. The number of unbranched alkanes of at least 4 members (excludes halogenated alkanes) is 35. The number of phosphoric acid groups is 2. The summed E-state index contributed by atoms with van der Waals surface area (Å²) in [6.45, 7) is 4.77. The standard InChI is InChI=1S/C81H144O17P2/c1-5-9-13-17-21-25-29-32-35-36-37-38-41-43-47-50-54-58-62-66-79(84)92-72-77(98-81(86)68-64-60-56-52-48-44-40-34-31-27-23-19-15-11-7-3)74-96-100(89,90)94-70-75(82)69-93-99(87,88)95-73-76(97-80(85)67-63-59-55-51-45-28-24-20-16-12-8-4)71-91-78(83)65-61-57-53-49-46-42-39-33-30-26-22-18-14-10-6-2/h20-22,24-26,32-35,37-40,75-77,82H,5-19,23,27-31,36,41-74H2,1-4H3,(H,87,88)(H,89,90)/b24-20-,25-21-,26-22-,35-32-,38-37-,39-33-,40-34-. The Kier molecular flexibility index (Phi) is 70.8. The lowest BCUT2D eigenvalue weighted by Crippen LogP contribution is -2.30. The molecule has 3 N–H and O–H groups in total. The summed E-state index contributed by atoms with van der Waals surface area (Å²) < 4.78 is 68.5. The lowest BCUT2D eigenvalue weighted by Gasteiger charge is -2.21. The van der Waals surface area contributed by atoms with Crippen molar-refractivity contribution in [2.45, 2.75) is 367 Å². The lowest BCUT2D eigenvalue weighted by atomic mass is 10.1. The van der Waals surface area contributed by atoms with Crippen LogP contribution in [0.1, 0.15) is 349 Å². The Bertz CT molecular complexity index is 2230. The van der Waals surface area contributed by atoms with Crippen LogP contribution in [0.4, 0.5) is 0 Å². The molecule has 0 bridgehead atoms. The number of allylic oxidation sites excluding steroid dienone is 14. The van der Waals surface area contributed by atoms with Gasteiger partial charge in [0.2, 0.25) is 0 Å². The number of rotatable bonds is 75. The van der Waals surface area contributed by atoms with Gasteiger partial charge in [-0.25, -0.2) is 9.13 Å². The number of ether oxygens (including phenoxy) is 4. The SMILES string of the molecule is CCCC/C=C\CCCCCCCC(=O)OC(COC(=O)CCCCCCC/C=C\C/C=C\CCCCC)COP(=O)(O)OCC(O)COP(=O)(O)OCC(COC(=O)CCCCCCCC/C=C\C/C=C\C/C=C\CCCCC)OC(=O)CCCCCCC/C=C\CCCCCCCC. The molecule has 0 aromatic heterocycles. The van der Waals surface area contributed by atoms with E-state index in [1.807, 2.05) is 0 Å². The maximum atomic E-state index is 13.1. The summed E-state index contributed by atoms with van der Waals surface area (Å²) in [6.07, 6.45) is 75.6. The molecule has 19 heteroatoms. The minimum atomic E-state index is -4.98. The number of carbonyl (C=O) groups excluding carboxylic acids is 4. The van der Waals surface area contributed by atoms with E-state index in [-0.39, 0.29) is 25.7 Å². The highest BCUT2D eigenvalue weighted by molar-refractivity contribution is 7.47. The maximum Gasteiger partial charge on any atom is 0.472 e.